The number of piperidine rings is 1. The summed E-state index contributed by atoms with van der Waals surface area (Å²) in [5, 5.41) is 11.6. The maximum Gasteiger partial charge on any atom is 0.322 e. The van der Waals surface area contributed by atoms with Gasteiger partial charge in [-0.1, -0.05) is 0 Å². The van der Waals surface area contributed by atoms with E-state index in [-0.39, 0.29) is 31.4 Å². The summed E-state index contributed by atoms with van der Waals surface area (Å²) in [6.45, 7) is 1.50. The molecule has 2 heterocycles. The van der Waals surface area contributed by atoms with Gasteiger partial charge < -0.3 is 15.3 Å². The van der Waals surface area contributed by atoms with Crippen molar-refractivity contribution in [2.75, 3.05) is 32.7 Å². The third kappa shape index (κ3) is 3.44. The van der Waals surface area contributed by atoms with Crippen LogP contribution >= 0.6 is 0 Å². The van der Waals surface area contributed by atoms with Gasteiger partial charge in [0.25, 0.3) is 0 Å². The fourth-order valence-electron chi connectivity index (χ4n) is 2.52. The molecular formula is C12H19N3O4. The maximum absolute atomic E-state index is 12.1. The summed E-state index contributed by atoms with van der Waals surface area (Å²) in [5.74, 6) is -1.32. The predicted molar refractivity (Wildman–Crippen MR) is 66.4 cm³/mol. The monoisotopic (exact) mass is 269 g/mol. The first-order valence-corrected chi connectivity index (χ1v) is 6.59. The van der Waals surface area contributed by atoms with Gasteiger partial charge in [0.1, 0.15) is 6.04 Å². The number of carboxylic acids is 1. The first-order valence-electron chi connectivity index (χ1n) is 6.59. The minimum atomic E-state index is -1.01. The van der Waals surface area contributed by atoms with Gasteiger partial charge in [0.05, 0.1) is 13.1 Å². The molecule has 2 fully saturated rings. The van der Waals surface area contributed by atoms with Crippen LogP contribution in [-0.4, -0.2) is 71.5 Å². The van der Waals surface area contributed by atoms with Gasteiger partial charge in [-0.3, -0.25) is 19.3 Å². The molecule has 0 saturated carbocycles. The van der Waals surface area contributed by atoms with E-state index < -0.39 is 12.0 Å². The molecule has 106 valence electrons. The Bertz CT molecular complexity index is 379. The molecular weight excluding hydrogens is 250 g/mol. The molecule has 0 aliphatic carbocycles. The summed E-state index contributed by atoms with van der Waals surface area (Å²) in [6, 6.07) is -0.813. The Labute approximate surface area is 111 Å². The van der Waals surface area contributed by atoms with E-state index in [2.05, 4.69) is 5.32 Å². The van der Waals surface area contributed by atoms with Crippen molar-refractivity contribution >= 4 is 17.8 Å². The quantitative estimate of drug-likeness (QED) is 0.677. The zero-order chi connectivity index (χ0) is 13.8. The molecule has 2 saturated heterocycles. The fourth-order valence-corrected chi connectivity index (χ4v) is 2.52. The maximum atomic E-state index is 12.1. The van der Waals surface area contributed by atoms with Gasteiger partial charge in [0.2, 0.25) is 11.8 Å². The second kappa shape index (κ2) is 6.01. The summed E-state index contributed by atoms with van der Waals surface area (Å²) in [6.07, 6.45) is 3.12. The lowest BCUT2D eigenvalue weighted by Crippen LogP contribution is -2.59. The first-order chi connectivity index (χ1) is 9.08. The molecule has 2 aliphatic heterocycles. The van der Waals surface area contributed by atoms with Crippen molar-refractivity contribution in [3.8, 4) is 0 Å². The Morgan fingerprint density at radius 3 is 2.58 bits per heavy atom. The van der Waals surface area contributed by atoms with E-state index in [4.69, 9.17) is 5.11 Å². The minimum Gasteiger partial charge on any atom is -0.480 e. The SMILES string of the molecule is O=C1CN(CC(=O)N2CCCCC2)C(C(=O)O)CN1. The molecule has 1 unspecified atom stereocenters. The largest absolute Gasteiger partial charge is 0.480 e. The van der Waals surface area contributed by atoms with Crippen LogP contribution in [0.15, 0.2) is 0 Å². The Hall–Kier alpha value is -1.63. The number of carbonyl (C=O) groups is 3. The number of hydrogen-bond acceptors (Lipinski definition) is 4. The normalized spacial score (nSPS) is 24.9. The topological polar surface area (TPSA) is 90.0 Å². The summed E-state index contributed by atoms with van der Waals surface area (Å²) in [4.78, 5) is 37.7. The number of piperazine rings is 1. The Balaban J connectivity index is 1.95. The number of hydrogen-bond donors (Lipinski definition) is 2. The van der Waals surface area contributed by atoms with Crippen LogP contribution in [0.5, 0.6) is 0 Å². The van der Waals surface area contributed by atoms with E-state index >= 15 is 0 Å². The molecule has 2 amide bonds. The van der Waals surface area contributed by atoms with Crippen molar-refractivity contribution in [2.45, 2.75) is 25.3 Å². The lowest BCUT2D eigenvalue weighted by molar-refractivity contribution is -0.147. The highest BCUT2D eigenvalue weighted by atomic mass is 16.4. The lowest BCUT2D eigenvalue weighted by atomic mass is 10.1. The molecule has 0 aromatic rings. The van der Waals surface area contributed by atoms with Crippen molar-refractivity contribution in [3.63, 3.8) is 0 Å². The number of aliphatic carboxylic acids is 1. The molecule has 2 N–H and O–H groups in total. The molecule has 0 bridgehead atoms. The third-order valence-corrected chi connectivity index (χ3v) is 3.61. The summed E-state index contributed by atoms with van der Waals surface area (Å²) in [5.41, 5.74) is 0. The number of carbonyl (C=O) groups excluding carboxylic acids is 2. The van der Waals surface area contributed by atoms with Gasteiger partial charge in [-0.25, -0.2) is 0 Å². The number of amides is 2. The molecule has 7 nitrogen and oxygen atoms in total. The molecule has 2 aliphatic rings. The summed E-state index contributed by atoms with van der Waals surface area (Å²) >= 11 is 0. The van der Waals surface area contributed by atoms with Crippen molar-refractivity contribution in [2.24, 2.45) is 0 Å². The molecule has 1 atom stereocenters. The predicted octanol–water partition coefficient (Wildman–Crippen LogP) is -1.12. The fraction of sp³-hybridized carbons (Fsp3) is 0.750. The van der Waals surface area contributed by atoms with Crippen molar-refractivity contribution < 1.29 is 19.5 Å². The number of rotatable bonds is 3. The number of likely N-dealkylation sites (tertiary alicyclic amines) is 1. The Morgan fingerprint density at radius 1 is 1.26 bits per heavy atom. The minimum absolute atomic E-state index is 0.00435. The Kier molecular flexibility index (Phi) is 4.36. The summed E-state index contributed by atoms with van der Waals surface area (Å²) in [7, 11) is 0. The summed E-state index contributed by atoms with van der Waals surface area (Å²) < 4.78 is 0. The highest BCUT2D eigenvalue weighted by Gasteiger charge is 2.33. The van der Waals surface area contributed by atoms with E-state index in [1.54, 1.807) is 4.90 Å². The van der Waals surface area contributed by atoms with Crippen LogP contribution in [0.1, 0.15) is 19.3 Å². The smallest absolute Gasteiger partial charge is 0.322 e. The lowest BCUT2D eigenvalue weighted by Gasteiger charge is -2.34. The van der Waals surface area contributed by atoms with E-state index in [1.165, 1.54) is 4.90 Å². The highest BCUT2D eigenvalue weighted by Crippen LogP contribution is 2.11. The van der Waals surface area contributed by atoms with Crippen LogP contribution < -0.4 is 5.32 Å². The molecule has 19 heavy (non-hydrogen) atoms. The molecule has 0 radical (unpaired) electrons. The Morgan fingerprint density at radius 2 is 1.95 bits per heavy atom. The van der Waals surface area contributed by atoms with Gasteiger partial charge in [0.15, 0.2) is 0 Å². The third-order valence-electron chi connectivity index (χ3n) is 3.61. The average Bonchev–Trinajstić information content (AvgIpc) is 2.39. The average molecular weight is 269 g/mol. The standard InChI is InChI=1S/C12H19N3O4/c16-10-7-15(9(6-13-10)12(18)19)8-11(17)14-4-2-1-3-5-14/h9H,1-8H2,(H,13,16)(H,18,19). The van der Waals surface area contributed by atoms with E-state index in [1.807, 2.05) is 0 Å². The zero-order valence-corrected chi connectivity index (χ0v) is 10.8. The molecule has 7 heteroatoms. The van der Waals surface area contributed by atoms with Crippen LogP contribution in [0.25, 0.3) is 0 Å². The van der Waals surface area contributed by atoms with Crippen molar-refractivity contribution in [1.29, 1.82) is 0 Å². The van der Waals surface area contributed by atoms with Gasteiger partial charge in [0, 0.05) is 19.6 Å². The van der Waals surface area contributed by atoms with Gasteiger partial charge in [-0.15, -0.1) is 0 Å². The first kappa shape index (κ1) is 13.8. The zero-order valence-electron chi connectivity index (χ0n) is 10.8. The van der Waals surface area contributed by atoms with Crippen LogP contribution in [0.2, 0.25) is 0 Å². The van der Waals surface area contributed by atoms with E-state index in [0.717, 1.165) is 32.4 Å². The van der Waals surface area contributed by atoms with Gasteiger partial charge in [-0.2, -0.15) is 0 Å². The number of nitrogens with zero attached hydrogens (tertiary/aromatic N) is 2. The molecule has 0 aromatic carbocycles. The van der Waals surface area contributed by atoms with Gasteiger partial charge in [-0.05, 0) is 19.3 Å². The van der Waals surface area contributed by atoms with E-state index in [0.29, 0.717) is 0 Å². The second-order valence-corrected chi connectivity index (χ2v) is 5.00. The van der Waals surface area contributed by atoms with E-state index in [9.17, 15) is 14.4 Å². The molecule has 0 spiro atoms. The molecule has 0 aromatic heterocycles. The highest BCUT2D eigenvalue weighted by molar-refractivity contribution is 5.85. The van der Waals surface area contributed by atoms with Crippen molar-refractivity contribution in [3.05, 3.63) is 0 Å². The van der Waals surface area contributed by atoms with Crippen LogP contribution in [0.4, 0.5) is 0 Å². The number of nitrogens with one attached hydrogen (secondary N) is 1. The van der Waals surface area contributed by atoms with Crippen LogP contribution in [0.3, 0.4) is 0 Å². The second-order valence-electron chi connectivity index (χ2n) is 5.00. The van der Waals surface area contributed by atoms with Crippen LogP contribution in [0, 0.1) is 0 Å². The number of carboxylic acid groups (broad SMARTS) is 1. The van der Waals surface area contributed by atoms with Crippen molar-refractivity contribution in [1.82, 2.24) is 15.1 Å². The van der Waals surface area contributed by atoms with Gasteiger partial charge >= 0.3 is 5.97 Å². The van der Waals surface area contributed by atoms with Crippen LogP contribution in [-0.2, 0) is 14.4 Å². The molecule has 2 rings (SSSR count).